The first-order valence-corrected chi connectivity index (χ1v) is 7.82. The first-order valence-electron chi connectivity index (χ1n) is 7.82. The Kier molecular flexibility index (Phi) is 5.02. The Hall–Kier alpha value is -2.11. The summed E-state index contributed by atoms with van der Waals surface area (Å²) in [4.78, 5) is 0. The van der Waals surface area contributed by atoms with Crippen LogP contribution in [0.1, 0.15) is 24.1 Å². The van der Waals surface area contributed by atoms with E-state index in [9.17, 15) is 0 Å². The minimum absolute atomic E-state index is 0. The molecule has 128 valence electrons. The standard InChI is InChI=1S/C18H19NO4.ClH/c1-12(13-5-6-15-17(9-13)23-11-22-15)19-10-14-3-2-4-16-18(14)21-8-7-20-16;/h2-6,9,12,19H,7-8,10-11H2,1H3;1H. The molecule has 0 radical (unpaired) electrons. The Bertz CT molecular complexity index is 722. The number of hydrogen-bond acceptors (Lipinski definition) is 5. The van der Waals surface area contributed by atoms with Crippen molar-refractivity contribution in [2.75, 3.05) is 20.0 Å². The van der Waals surface area contributed by atoms with E-state index in [2.05, 4.69) is 24.4 Å². The van der Waals surface area contributed by atoms with Gasteiger partial charge in [-0.1, -0.05) is 18.2 Å². The molecule has 5 nitrogen and oxygen atoms in total. The van der Waals surface area contributed by atoms with Gasteiger partial charge in [-0.2, -0.15) is 0 Å². The summed E-state index contributed by atoms with van der Waals surface area (Å²) in [6, 6.07) is 12.2. The summed E-state index contributed by atoms with van der Waals surface area (Å²) in [7, 11) is 0. The van der Waals surface area contributed by atoms with Gasteiger partial charge in [-0.05, 0) is 30.7 Å². The zero-order chi connectivity index (χ0) is 15.6. The van der Waals surface area contributed by atoms with Crippen molar-refractivity contribution in [3.63, 3.8) is 0 Å². The van der Waals surface area contributed by atoms with Gasteiger partial charge in [0.25, 0.3) is 0 Å². The molecule has 4 rings (SSSR count). The predicted octanol–water partition coefficient (Wildman–Crippen LogP) is 3.46. The third-order valence-electron chi connectivity index (χ3n) is 4.14. The molecule has 2 heterocycles. The van der Waals surface area contributed by atoms with E-state index in [1.807, 2.05) is 24.3 Å². The van der Waals surface area contributed by atoms with Crippen LogP contribution in [0.4, 0.5) is 0 Å². The summed E-state index contributed by atoms with van der Waals surface area (Å²) in [5.74, 6) is 3.30. The Balaban J connectivity index is 0.00000169. The molecule has 2 aromatic carbocycles. The van der Waals surface area contributed by atoms with Crippen LogP contribution in [0.5, 0.6) is 23.0 Å². The zero-order valence-electron chi connectivity index (χ0n) is 13.4. The maximum Gasteiger partial charge on any atom is 0.231 e. The van der Waals surface area contributed by atoms with Gasteiger partial charge in [0.1, 0.15) is 13.2 Å². The highest BCUT2D eigenvalue weighted by atomic mass is 35.5. The molecule has 6 heteroatoms. The molecule has 0 fully saturated rings. The fourth-order valence-corrected chi connectivity index (χ4v) is 2.84. The maximum absolute atomic E-state index is 5.75. The average Bonchev–Trinajstić information content (AvgIpc) is 3.07. The fourth-order valence-electron chi connectivity index (χ4n) is 2.84. The molecule has 0 amide bonds. The zero-order valence-corrected chi connectivity index (χ0v) is 14.2. The summed E-state index contributed by atoms with van der Waals surface area (Å²) in [6.07, 6.45) is 0. The van der Waals surface area contributed by atoms with Crippen LogP contribution < -0.4 is 24.3 Å². The van der Waals surface area contributed by atoms with Gasteiger partial charge in [-0.15, -0.1) is 12.4 Å². The minimum Gasteiger partial charge on any atom is -0.486 e. The second-order valence-electron chi connectivity index (χ2n) is 5.66. The molecule has 2 aliphatic rings. The van der Waals surface area contributed by atoms with E-state index in [-0.39, 0.29) is 18.4 Å². The monoisotopic (exact) mass is 349 g/mol. The van der Waals surface area contributed by atoms with Gasteiger partial charge < -0.3 is 24.3 Å². The number of para-hydroxylation sites is 1. The predicted molar refractivity (Wildman–Crippen MR) is 92.5 cm³/mol. The van der Waals surface area contributed by atoms with E-state index in [4.69, 9.17) is 18.9 Å². The normalized spacial score (nSPS) is 15.5. The molecule has 0 bridgehead atoms. The van der Waals surface area contributed by atoms with Crippen LogP contribution in [0.25, 0.3) is 0 Å². The average molecular weight is 350 g/mol. The van der Waals surface area contributed by atoms with E-state index in [1.165, 1.54) is 0 Å². The number of nitrogens with one attached hydrogen (secondary N) is 1. The second-order valence-corrected chi connectivity index (χ2v) is 5.66. The molecular formula is C18H20ClNO4. The van der Waals surface area contributed by atoms with Gasteiger partial charge >= 0.3 is 0 Å². The lowest BCUT2D eigenvalue weighted by molar-refractivity contribution is 0.169. The molecule has 2 aromatic rings. The molecule has 1 atom stereocenters. The number of halogens is 1. The van der Waals surface area contributed by atoms with Crippen LogP contribution in [0.3, 0.4) is 0 Å². The van der Waals surface area contributed by atoms with E-state index < -0.39 is 0 Å². The van der Waals surface area contributed by atoms with Gasteiger partial charge in [0.15, 0.2) is 23.0 Å². The lowest BCUT2D eigenvalue weighted by atomic mass is 10.1. The van der Waals surface area contributed by atoms with Crippen LogP contribution in [0.15, 0.2) is 36.4 Å². The van der Waals surface area contributed by atoms with Crippen molar-refractivity contribution in [3.8, 4) is 23.0 Å². The quantitative estimate of drug-likeness (QED) is 0.916. The van der Waals surface area contributed by atoms with Crippen molar-refractivity contribution >= 4 is 12.4 Å². The Morgan fingerprint density at radius 1 is 0.958 bits per heavy atom. The van der Waals surface area contributed by atoms with Crippen molar-refractivity contribution in [1.29, 1.82) is 0 Å². The van der Waals surface area contributed by atoms with Gasteiger partial charge in [0.2, 0.25) is 6.79 Å². The summed E-state index contributed by atoms with van der Waals surface area (Å²) in [5.41, 5.74) is 2.27. The first kappa shape index (κ1) is 16.7. The summed E-state index contributed by atoms with van der Waals surface area (Å²) in [6.45, 7) is 4.35. The number of benzene rings is 2. The molecule has 0 saturated carbocycles. The third-order valence-corrected chi connectivity index (χ3v) is 4.14. The molecule has 2 aliphatic heterocycles. The highest BCUT2D eigenvalue weighted by Gasteiger charge is 2.18. The highest BCUT2D eigenvalue weighted by molar-refractivity contribution is 5.85. The van der Waals surface area contributed by atoms with Crippen LogP contribution in [0.2, 0.25) is 0 Å². The summed E-state index contributed by atoms with van der Waals surface area (Å²) in [5, 5.41) is 3.52. The van der Waals surface area contributed by atoms with Crippen molar-refractivity contribution in [3.05, 3.63) is 47.5 Å². The number of hydrogen-bond donors (Lipinski definition) is 1. The molecule has 0 saturated heterocycles. The Labute approximate surface area is 147 Å². The lowest BCUT2D eigenvalue weighted by Crippen LogP contribution is -2.21. The number of ether oxygens (including phenoxy) is 4. The van der Waals surface area contributed by atoms with Crippen LogP contribution >= 0.6 is 12.4 Å². The van der Waals surface area contributed by atoms with Gasteiger partial charge in [0.05, 0.1) is 0 Å². The minimum atomic E-state index is 0. The molecule has 1 unspecified atom stereocenters. The summed E-state index contributed by atoms with van der Waals surface area (Å²) < 4.78 is 22.2. The topological polar surface area (TPSA) is 49.0 Å². The Morgan fingerprint density at radius 3 is 2.71 bits per heavy atom. The molecule has 24 heavy (non-hydrogen) atoms. The van der Waals surface area contributed by atoms with Crippen LogP contribution in [-0.4, -0.2) is 20.0 Å². The molecule has 0 spiro atoms. The lowest BCUT2D eigenvalue weighted by Gasteiger charge is -2.22. The summed E-state index contributed by atoms with van der Waals surface area (Å²) >= 11 is 0. The highest BCUT2D eigenvalue weighted by Crippen LogP contribution is 2.35. The molecular weight excluding hydrogens is 330 g/mol. The third kappa shape index (κ3) is 3.23. The Morgan fingerprint density at radius 2 is 1.79 bits per heavy atom. The van der Waals surface area contributed by atoms with Gasteiger partial charge in [-0.25, -0.2) is 0 Å². The smallest absolute Gasteiger partial charge is 0.231 e. The second kappa shape index (κ2) is 7.20. The van der Waals surface area contributed by atoms with Gasteiger partial charge in [-0.3, -0.25) is 0 Å². The van der Waals surface area contributed by atoms with Crippen molar-refractivity contribution < 1.29 is 18.9 Å². The largest absolute Gasteiger partial charge is 0.486 e. The van der Waals surface area contributed by atoms with Crippen molar-refractivity contribution in [2.24, 2.45) is 0 Å². The van der Waals surface area contributed by atoms with Crippen LogP contribution in [-0.2, 0) is 6.54 Å². The fraction of sp³-hybridized carbons (Fsp3) is 0.333. The van der Waals surface area contributed by atoms with Crippen molar-refractivity contribution in [2.45, 2.75) is 19.5 Å². The van der Waals surface area contributed by atoms with E-state index in [0.717, 1.165) is 34.1 Å². The van der Waals surface area contributed by atoms with Crippen LogP contribution in [0, 0.1) is 0 Å². The molecule has 0 aromatic heterocycles. The SMILES string of the molecule is CC(NCc1cccc2c1OCCO2)c1ccc2c(c1)OCO2.Cl. The number of fused-ring (bicyclic) bond motifs is 2. The maximum atomic E-state index is 5.75. The first-order chi connectivity index (χ1) is 11.3. The number of rotatable bonds is 4. The molecule has 0 aliphatic carbocycles. The van der Waals surface area contributed by atoms with Gasteiger partial charge in [0, 0.05) is 18.2 Å². The van der Waals surface area contributed by atoms with E-state index in [0.29, 0.717) is 26.6 Å². The molecule has 1 N–H and O–H groups in total. The van der Waals surface area contributed by atoms with Crippen molar-refractivity contribution in [1.82, 2.24) is 5.32 Å². The van der Waals surface area contributed by atoms with E-state index >= 15 is 0 Å². The van der Waals surface area contributed by atoms with E-state index in [1.54, 1.807) is 0 Å².